The van der Waals surface area contributed by atoms with E-state index in [1.807, 2.05) is 0 Å². The summed E-state index contributed by atoms with van der Waals surface area (Å²) in [5, 5.41) is 2.26. The molecule has 0 spiro atoms. The summed E-state index contributed by atoms with van der Waals surface area (Å²) in [5.74, 6) is -2.79. The lowest BCUT2D eigenvalue weighted by Gasteiger charge is -2.02. The molecule has 1 saturated carbocycles. The summed E-state index contributed by atoms with van der Waals surface area (Å²) in [6.45, 7) is 2.07. The van der Waals surface area contributed by atoms with E-state index >= 15 is 0 Å². The first-order chi connectivity index (χ1) is 5.06. The lowest BCUT2D eigenvalue weighted by atomic mass is 10.7. The first-order valence-electron chi connectivity index (χ1n) is 3.38. The molecule has 0 radical (unpaired) electrons. The summed E-state index contributed by atoms with van der Waals surface area (Å²) >= 11 is 0. The van der Waals surface area contributed by atoms with Gasteiger partial charge in [0, 0.05) is 6.54 Å². The minimum Gasteiger partial charge on any atom is -0.440 e. The first-order valence-corrected chi connectivity index (χ1v) is 3.38. The van der Waals surface area contributed by atoms with Gasteiger partial charge < -0.3 is 10.1 Å². The molecule has 0 aromatic rings. The zero-order valence-corrected chi connectivity index (χ0v) is 6.06. The van der Waals surface area contributed by atoms with Gasteiger partial charge >= 0.3 is 6.09 Å². The number of carbonyl (C=O) groups excluding carboxylic acids is 1. The standard InChI is InChI=1S/C6H9F2NO2/c1-2-9-5(10)11-4-3-6(4,7)8/h4H,2-3H2,1H3,(H,9,10). The van der Waals surface area contributed by atoms with Crippen LogP contribution in [-0.4, -0.2) is 24.7 Å². The average molecular weight is 165 g/mol. The molecule has 0 bridgehead atoms. The quantitative estimate of drug-likeness (QED) is 0.666. The number of hydrogen-bond donors (Lipinski definition) is 1. The van der Waals surface area contributed by atoms with E-state index < -0.39 is 18.1 Å². The third kappa shape index (κ3) is 2.03. The Labute approximate surface area is 62.7 Å². The minimum absolute atomic E-state index is 0.343. The predicted octanol–water partition coefficient (Wildman–Crippen LogP) is 1.14. The Hall–Kier alpha value is -0.870. The molecule has 1 aliphatic carbocycles. The highest BCUT2D eigenvalue weighted by molar-refractivity contribution is 5.67. The minimum atomic E-state index is -2.79. The molecule has 1 atom stereocenters. The Morgan fingerprint density at radius 1 is 1.82 bits per heavy atom. The molecular weight excluding hydrogens is 156 g/mol. The summed E-state index contributed by atoms with van der Waals surface area (Å²) in [6, 6.07) is 0. The lowest BCUT2D eigenvalue weighted by Crippen LogP contribution is -2.25. The van der Waals surface area contributed by atoms with Crippen LogP contribution in [0.15, 0.2) is 0 Å². The van der Waals surface area contributed by atoms with Crippen molar-refractivity contribution < 1.29 is 18.3 Å². The lowest BCUT2D eigenvalue weighted by molar-refractivity contribution is 0.0418. The van der Waals surface area contributed by atoms with Gasteiger partial charge in [-0.25, -0.2) is 13.6 Å². The van der Waals surface area contributed by atoms with Gasteiger partial charge in [0.25, 0.3) is 5.92 Å². The van der Waals surface area contributed by atoms with Gasteiger partial charge in [-0.05, 0) is 6.92 Å². The van der Waals surface area contributed by atoms with E-state index in [1.165, 1.54) is 0 Å². The zero-order chi connectivity index (χ0) is 8.48. The molecular formula is C6H9F2NO2. The van der Waals surface area contributed by atoms with E-state index in [2.05, 4.69) is 10.1 Å². The monoisotopic (exact) mass is 165 g/mol. The Bertz CT molecular complexity index is 172. The fraction of sp³-hybridized carbons (Fsp3) is 0.833. The maximum Gasteiger partial charge on any atom is 0.407 e. The Balaban J connectivity index is 2.18. The van der Waals surface area contributed by atoms with Crippen molar-refractivity contribution >= 4 is 6.09 Å². The van der Waals surface area contributed by atoms with Crippen LogP contribution in [0.2, 0.25) is 0 Å². The second kappa shape index (κ2) is 2.64. The Morgan fingerprint density at radius 2 is 2.36 bits per heavy atom. The molecule has 0 aliphatic heterocycles. The summed E-state index contributed by atoms with van der Waals surface area (Å²) in [4.78, 5) is 10.5. The molecule has 1 fully saturated rings. The van der Waals surface area contributed by atoms with E-state index in [9.17, 15) is 13.6 Å². The van der Waals surface area contributed by atoms with Crippen LogP contribution in [0.3, 0.4) is 0 Å². The molecule has 1 N–H and O–H groups in total. The summed E-state index contributed by atoms with van der Waals surface area (Å²) in [7, 11) is 0. The fourth-order valence-electron chi connectivity index (χ4n) is 0.631. The van der Waals surface area contributed by atoms with Gasteiger partial charge in [0.2, 0.25) is 0 Å². The largest absolute Gasteiger partial charge is 0.440 e. The number of carbonyl (C=O) groups is 1. The van der Waals surface area contributed by atoms with Crippen molar-refractivity contribution in [2.45, 2.75) is 25.4 Å². The highest BCUT2D eigenvalue weighted by Crippen LogP contribution is 2.44. The normalized spacial score (nSPS) is 25.9. The molecule has 1 aliphatic rings. The van der Waals surface area contributed by atoms with Crippen molar-refractivity contribution in [2.75, 3.05) is 6.54 Å². The maximum atomic E-state index is 12.1. The number of halogens is 2. The molecule has 0 aromatic heterocycles. The first kappa shape index (κ1) is 8.23. The average Bonchev–Trinajstić information content (AvgIpc) is 2.39. The molecule has 1 amide bonds. The van der Waals surface area contributed by atoms with Crippen LogP contribution < -0.4 is 5.32 Å². The number of alkyl carbamates (subject to hydrolysis) is 1. The number of nitrogens with one attached hydrogen (secondary N) is 1. The highest BCUT2D eigenvalue weighted by Gasteiger charge is 2.60. The van der Waals surface area contributed by atoms with Gasteiger partial charge in [-0.15, -0.1) is 0 Å². The number of hydrogen-bond acceptors (Lipinski definition) is 2. The third-order valence-electron chi connectivity index (χ3n) is 1.34. The van der Waals surface area contributed by atoms with E-state index in [0.29, 0.717) is 6.54 Å². The van der Waals surface area contributed by atoms with Gasteiger partial charge in [-0.1, -0.05) is 0 Å². The van der Waals surface area contributed by atoms with Crippen molar-refractivity contribution in [1.82, 2.24) is 5.32 Å². The van der Waals surface area contributed by atoms with Crippen molar-refractivity contribution in [3.05, 3.63) is 0 Å². The van der Waals surface area contributed by atoms with Crippen LogP contribution in [0.4, 0.5) is 13.6 Å². The molecule has 1 rings (SSSR count). The van der Waals surface area contributed by atoms with E-state index in [0.717, 1.165) is 0 Å². The van der Waals surface area contributed by atoms with Gasteiger partial charge in [-0.3, -0.25) is 0 Å². The molecule has 5 heteroatoms. The molecule has 1 unspecified atom stereocenters. The number of alkyl halides is 2. The molecule has 3 nitrogen and oxygen atoms in total. The van der Waals surface area contributed by atoms with Crippen molar-refractivity contribution in [2.24, 2.45) is 0 Å². The Morgan fingerprint density at radius 3 is 2.73 bits per heavy atom. The summed E-state index contributed by atoms with van der Waals surface area (Å²) in [6.07, 6.45) is -2.31. The van der Waals surface area contributed by atoms with Crippen LogP contribution in [0.25, 0.3) is 0 Å². The summed E-state index contributed by atoms with van der Waals surface area (Å²) < 4.78 is 28.5. The SMILES string of the molecule is CCNC(=O)OC1CC1(F)F. The number of ether oxygens (including phenoxy) is 1. The van der Waals surface area contributed by atoms with Crippen LogP contribution in [-0.2, 0) is 4.74 Å². The number of amides is 1. The number of rotatable bonds is 2. The van der Waals surface area contributed by atoms with Gasteiger partial charge in [0.05, 0.1) is 6.42 Å². The van der Waals surface area contributed by atoms with Crippen molar-refractivity contribution in [1.29, 1.82) is 0 Å². The van der Waals surface area contributed by atoms with E-state index in [1.54, 1.807) is 6.92 Å². The molecule has 0 saturated heterocycles. The molecule has 64 valence electrons. The van der Waals surface area contributed by atoms with Crippen LogP contribution in [0.5, 0.6) is 0 Å². The van der Waals surface area contributed by atoms with Gasteiger partial charge in [0.1, 0.15) is 0 Å². The summed E-state index contributed by atoms with van der Waals surface area (Å²) in [5.41, 5.74) is 0. The molecule has 11 heavy (non-hydrogen) atoms. The highest BCUT2D eigenvalue weighted by atomic mass is 19.3. The van der Waals surface area contributed by atoms with Gasteiger partial charge in [-0.2, -0.15) is 0 Å². The van der Waals surface area contributed by atoms with Crippen molar-refractivity contribution in [3.63, 3.8) is 0 Å². The van der Waals surface area contributed by atoms with Crippen LogP contribution in [0.1, 0.15) is 13.3 Å². The van der Waals surface area contributed by atoms with E-state index in [-0.39, 0.29) is 6.42 Å². The van der Waals surface area contributed by atoms with Crippen LogP contribution >= 0.6 is 0 Å². The maximum absolute atomic E-state index is 12.1. The third-order valence-corrected chi connectivity index (χ3v) is 1.34. The van der Waals surface area contributed by atoms with Crippen LogP contribution in [0, 0.1) is 0 Å². The smallest absolute Gasteiger partial charge is 0.407 e. The molecule has 0 heterocycles. The fourth-order valence-corrected chi connectivity index (χ4v) is 0.631. The zero-order valence-electron chi connectivity index (χ0n) is 6.06. The Kier molecular flexibility index (Phi) is 1.97. The van der Waals surface area contributed by atoms with E-state index in [4.69, 9.17) is 0 Å². The van der Waals surface area contributed by atoms with Crippen molar-refractivity contribution in [3.8, 4) is 0 Å². The second-order valence-corrected chi connectivity index (χ2v) is 2.39. The second-order valence-electron chi connectivity index (χ2n) is 2.39. The predicted molar refractivity (Wildman–Crippen MR) is 33.5 cm³/mol. The topological polar surface area (TPSA) is 38.3 Å². The van der Waals surface area contributed by atoms with Gasteiger partial charge in [0.15, 0.2) is 6.10 Å². The molecule has 0 aromatic carbocycles.